The Morgan fingerprint density at radius 2 is 2.04 bits per heavy atom. The molecule has 0 aliphatic heterocycles. The lowest BCUT2D eigenvalue weighted by atomic mass is 10.2. The summed E-state index contributed by atoms with van der Waals surface area (Å²) in [6.45, 7) is 6.55. The van der Waals surface area contributed by atoms with Crippen molar-refractivity contribution in [2.75, 3.05) is 0 Å². The highest BCUT2D eigenvalue weighted by molar-refractivity contribution is 5.90. The summed E-state index contributed by atoms with van der Waals surface area (Å²) in [6, 6.07) is 3.18. The van der Waals surface area contributed by atoms with Gasteiger partial charge in [0.1, 0.15) is 12.2 Å². The lowest BCUT2D eigenvalue weighted by molar-refractivity contribution is -0.140. The van der Waals surface area contributed by atoms with E-state index in [2.05, 4.69) is 4.98 Å². The molecule has 0 spiro atoms. The Bertz CT molecular complexity index is 661. The van der Waals surface area contributed by atoms with E-state index in [9.17, 15) is 14.7 Å². The molecule has 0 atom stereocenters. The van der Waals surface area contributed by atoms with Gasteiger partial charge in [0.25, 0.3) is 0 Å². The standard InChI is InChI=1S/C15H19N3O5/c1-5-11(19)12(17-16)13(20)22-9-10-7-6-8-18(10)14(21)23-15(2,3)4/h6-8H,5,9H2,1-4H3/p+1. The Morgan fingerprint density at radius 3 is 2.57 bits per heavy atom. The third-order valence-electron chi connectivity index (χ3n) is 2.68. The van der Waals surface area contributed by atoms with Crippen molar-refractivity contribution in [2.24, 2.45) is 0 Å². The number of aliphatic hydroxyl groups excluding tert-OH is 1. The summed E-state index contributed by atoms with van der Waals surface area (Å²) < 4.78 is 11.4. The summed E-state index contributed by atoms with van der Waals surface area (Å²) in [7, 11) is 0. The van der Waals surface area contributed by atoms with Gasteiger partial charge in [-0.25, -0.2) is 9.59 Å². The third kappa shape index (κ3) is 5.14. The van der Waals surface area contributed by atoms with Crippen molar-refractivity contribution in [3.63, 3.8) is 0 Å². The number of aromatic nitrogens is 1. The van der Waals surface area contributed by atoms with Crippen LogP contribution in [0.1, 0.15) is 39.8 Å². The fourth-order valence-electron chi connectivity index (χ4n) is 1.61. The van der Waals surface area contributed by atoms with E-state index in [0.29, 0.717) is 5.69 Å². The van der Waals surface area contributed by atoms with Crippen molar-refractivity contribution >= 4 is 12.1 Å². The highest BCUT2D eigenvalue weighted by Gasteiger charge is 2.30. The zero-order valence-corrected chi connectivity index (χ0v) is 13.6. The Balaban J connectivity index is 2.82. The molecule has 0 saturated carbocycles. The summed E-state index contributed by atoms with van der Waals surface area (Å²) >= 11 is 0. The fraction of sp³-hybridized carbons (Fsp3) is 0.467. The molecule has 8 nitrogen and oxygen atoms in total. The highest BCUT2D eigenvalue weighted by Crippen LogP contribution is 2.14. The summed E-state index contributed by atoms with van der Waals surface area (Å²) in [4.78, 5) is 26.5. The predicted molar refractivity (Wildman–Crippen MR) is 80.9 cm³/mol. The first-order valence-electron chi connectivity index (χ1n) is 7.03. The van der Waals surface area contributed by atoms with Crippen LogP contribution in [0.15, 0.2) is 29.8 Å². The van der Waals surface area contributed by atoms with Crippen LogP contribution in [-0.4, -0.2) is 27.3 Å². The van der Waals surface area contributed by atoms with E-state index in [1.165, 1.54) is 10.8 Å². The molecule has 0 aliphatic rings. The van der Waals surface area contributed by atoms with E-state index in [-0.39, 0.29) is 18.8 Å². The van der Waals surface area contributed by atoms with Crippen LogP contribution in [0.2, 0.25) is 0 Å². The normalized spacial score (nSPS) is 12.1. The van der Waals surface area contributed by atoms with Gasteiger partial charge in [0.2, 0.25) is 5.39 Å². The molecule has 0 radical (unpaired) electrons. The minimum Gasteiger partial charge on any atom is -0.505 e. The molecule has 0 saturated heterocycles. The van der Waals surface area contributed by atoms with E-state index in [1.807, 2.05) is 0 Å². The maximum Gasteiger partial charge on any atom is 0.505 e. The molecule has 1 N–H and O–H groups in total. The number of hydrogen-bond donors (Lipinski definition) is 1. The van der Waals surface area contributed by atoms with Crippen molar-refractivity contribution in [3.05, 3.63) is 40.5 Å². The molecule has 124 valence electrons. The predicted octanol–water partition coefficient (Wildman–Crippen LogP) is 3.35. The number of carbonyl (C=O) groups excluding carboxylic acids is 2. The molecular weight excluding hydrogens is 302 g/mol. The maximum atomic E-state index is 12.0. The second kappa shape index (κ2) is 7.45. The number of hydrogen-bond acceptors (Lipinski definition) is 6. The molecule has 1 aromatic heterocycles. The second-order valence-electron chi connectivity index (χ2n) is 5.67. The van der Waals surface area contributed by atoms with Gasteiger partial charge < -0.3 is 14.6 Å². The zero-order chi connectivity index (χ0) is 17.6. The first kappa shape index (κ1) is 18.2. The molecule has 1 aromatic rings. The van der Waals surface area contributed by atoms with Crippen molar-refractivity contribution in [2.45, 2.75) is 46.3 Å². The van der Waals surface area contributed by atoms with Crippen LogP contribution in [0.3, 0.4) is 0 Å². The minimum atomic E-state index is -0.996. The quantitative estimate of drug-likeness (QED) is 0.394. The highest BCUT2D eigenvalue weighted by atomic mass is 16.6. The largest absolute Gasteiger partial charge is 0.505 e. The van der Waals surface area contributed by atoms with Gasteiger partial charge in [-0.15, -0.1) is 0 Å². The van der Waals surface area contributed by atoms with Gasteiger partial charge in [0, 0.05) is 12.6 Å². The van der Waals surface area contributed by atoms with Crippen molar-refractivity contribution in [1.82, 2.24) is 4.57 Å². The number of ether oxygens (including phenoxy) is 2. The SMILES string of the molecule is CC/C(O)=C(\[N+]#N)C(=O)OCc1cccn1C(=O)OC(C)(C)C. The molecule has 0 aromatic carbocycles. The van der Waals surface area contributed by atoms with Gasteiger partial charge in [-0.1, -0.05) is 6.92 Å². The number of nitrogens with zero attached hydrogens (tertiary/aromatic N) is 3. The summed E-state index contributed by atoms with van der Waals surface area (Å²) in [5.74, 6) is -1.39. The number of esters is 1. The lowest BCUT2D eigenvalue weighted by Crippen LogP contribution is -2.28. The van der Waals surface area contributed by atoms with E-state index in [1.54, 1.807) is 39.8 Å². The van der Waals surface area contributed by atoms with Gasteiger partial charge >= 0.3 is 17.8 Å². The van der Waals surface area contributed by atoms with Gasteiger partial charge in [-0.05, 0) is 32.9 Å². The number of allylic oxidation sites excluding steroid dienone is 1. The fourth-order valence-corrected chi connectivity index (χ4v) is 1.61. The average molecular weight is 322 g/mol. The third-order valence-corrected chi connectivity index (χ3v) is 2.68. The monoisotopic (exact) mass is 322 g/mol. The van der Waals surface area contributed by atoms with E-state index < -0.39 is 23.4 Å². The van der Waals surface area contributed by atoms with Crippen LogP contribution < -0.4 is 0 Å². The van der Waals surface area contributed by atoms with Gasteiger partial charge in [0.15, 0.2) is 10.7 Å². The topological polar surface area (TPSA) is 106 Å². The molecule has 0 amide bonds. The molecule has 0 aliphatic carbocycles. The van der Waals surface area contributed by atoms with Crippen LogP contribution >= 0.6 is 0 Å². The Morgan fingerprint density at radius 1 is 1.39 bits per heavy atom. The maximum absolute atomic E-state index is 12.0. The molecule has 1 heterocycles. The molecule has 8 heteroatoms. The van der Waals surface area contributed by atoms with Crippen LogP contribution in [0.25, 0.3) is 4.98 Å². The second-order valence-corrected chi connectivity index (χ2v) is 5.67. The van der Waals surface area contributed by atoms with Gasteiger partial charge in [0.05, 0.1) is 5.69 Å². The summed E-state index contributed by atoms with van der Waals surface area (Å²) in [6.07, 6.45) is 0.990. The first-order valence-corrected chi connectivity index (χ1v) is 7.03. The van der Waals surface area contributed by atoms with Crippen molar-refractivity contribution < 1.29 is 24.2 Å². The first-order chi connectivity index (χ1) is 10.7. The van der Waals surface area contributed by atoms with E-state index in [0.717, 1.165) is 0 Å². The van der Waals surface area contributed by atoms with E-state index >= 15 is 0 Å². The summed E-state index contributed by atoms with van der Waals surface area (Å²) in [5.41, 5.74) is -0.850. The van der Waals surface area contributed by atoms with Crippen LogP contribution in [0.4, 0.5) is 4.79 Å². The van der Waals surface area contributed by atoms with Crippen LogP contribution in [0, 0.1) is 5.39 Å². The summed E-state index contributed by atoms with van der Waals surface area (Å²) in [5, 5.41) is 18.2. The molecule has 0 fully saturated rings. The van der Waals surface area contributed by atoms with Crippen LogP contribution in [-0.2, 0) is 20.9 Å². The average Bonchev–Trinajstić information content (AvgIpc) is 2.92. The van der Waals surface area contributed by atoms with Gasteiger partial charge in [-0.2, -0.15) is 0 Å². The Hall–Kier alpha value is -2.82. The lowest BCUT2D eigenvalue weighted by Gasteiger charge is -2.20. The number of diazo groups is 1. The zero-order valence-electron chi connectivity index (χ0n) is 13.6. The molecule has 0 bridgehead atoms. The molecule has 1 rings (SSSR count). The Labute approximate surface area is 133 Å². The number of carbonyl (C=O) groups is 2. The Kier molecular flexibility index (Phi) is 5.90. The smallest absolute Gasteiger partial charge is 0.505 e. The molecule has 0 unspecified atom stereocenters. The molecule has 23 heavy (non-hydrogen) atoms. The van der Waals surface area contributed by atoms with Gasteiger partial charge in [-0.3, -0.25) is 4.57 Å². The number of aliphatic hydroxyl groups is 1. The van der Waals surface area contributed by atoms with E-state index in [4.69, 9.17) is 14.9 Å². The number of rotatable bonds is 4. The minimum absolute atomic E-state index is 0.114. The van der Waals surface area contributed by atoms with Crippen LogP contribution in [0.5, 0.6) is 0 Å². The van der Waals surface area contributed by atoms with Crippen molar-refractivity contribution in [1.29, 1.82) is 5.39 Å². The molecular formula is C15H20N3O5+. The van der Waals surface area contributed by atoms with Crippen molar-refractivity contribution in [3.8, 4) is 0 Å².